The summed E-state index contributed by atoms with van der Waals surface area (Å²) in [6.07, 6.45) is 2.35. The summed E-state index contributed by atoms with van der Waals surface area (Å²) in [6.45, 7) is 3.42. The number of aliphatic hydroxyl groups excluding tert-OH is 1. The van der Waals surface area contributed by atoms with Gasteiger partial charge in [0.05, 0.1) is 11.6 Å². The molecule has 0 radical (unpaired) electrons. The Balaban J connectivity index is 2.03. The van der Waals surface area contributed by atoms with Crippen molar-refractivity contribution in [1.29, 1.82) is 0 Å². The fraction of sp³-hybridized carbons (Fsp3) is 0.357. The molecule has 0 saturated heterocycles. The molecule has 0 aliphatic rings. The number of benzene rings is 1. The molecule has 17 heavy (non-hydrogen) atoms. The Kier molecular flexibility index (Phi) is 4.07. The highest BCUT2D eigenvalue weighted by atomic mass is 16.3. The molecule has 0 bridgehead atoms. The molecular formula is C14H18N2O. The highest BCUT2D eigenvalue weighted by molar-refractivity contribution is 5.81. The summed E-state index contributed by atoms with van der Waals surface area (Å²) in [5.41, 5.74) is 2.26. The van der Waals surface area contributed by atoms with Crippen LogP contribution >= 0.6 is 0 Å². The zero-order valence-electron chi connectivity index (χ0n) is 10.1. The van der Waals surface area contributed by atoms with E-state index in [2.05, 4.69) is 34.6 Å². The summed E-state index contributed by atoms with van der Waals surface area (Å²) in [6, 6.07) is 10.2. The van der Waals surface area contributed by atoms with Gasteiger partial charge < -0.3 is 10.4 Å². The third kappa shape index (κ3) is 3.25. The standard InChI is InChI=1S/C14H18N2O/c1-11(17)7-9-15-10-13-5-2-4-12-6-3-8-16-14(12)13/h2-6,8,11,15,17H,7,9-10H2,1H3. The third-order valence-corrected chi connectivity index (χ3v) is 2.77. The van der Waals surface area contributed by atoms with Gasteiger partial charge in [-0.2, -0.15) is 0 Å². The van der Waals surface area contributed by atoms with Gasteiger partial charge in [-0.1, -0.05) is 24.3 Å². The van der Waals surface area contributed by atoms with E-state index < -0.39 is 0 Å². The molecule has 3 nitrogen and oxygen atoms in total. The van der Waals surface area contributed by atoms with E-state index in [0.717, 1.165) is 25.0 Å². The van der Waals surface area contributed by atoms with E-state index in [1.165, 1.54) is 10.9 Å². The van der Waals surface area contributed by atoms with Crippen LogP contribution in [0.3, 0.4) is 0 Å². The number of nitrogens with zero attached hydrogens (tertiary/aromatic N) is 1. The van der Waals surface area contributed by atoms with Gasteiger partial charge in [0.15, 0.2) is 0 Å². The van der Waals surface area contributed by atoms with Crippen molar-refractivity contribution in [3.63, 3.8) is 0 Å². The van der Waals surface area contributed by atoms with E-state index in [9.17, 15) is 0 Å². The largest absolute Gasteiger partial charge is 0.393 e. The summed E-state index contributed by atoms with van der Waals surface area (Å²) in [7, 11) is 0. The maximum atomic E-state index is 9.17. The molecule has 0 spiro atoms. The molecule has 90 valence electrons. The summed E-state index contributed by atoms with van der Waals surface area (Å²) < 4.78 is 0. The van der Waals surface area contributed by atoms with Crippen LogP contribution < -0.4 is 5.32 Å². The number of pyridine rings is 1. The summed E-state index contributed by atoms with van der Waals surface area (Å²) in [4.78, 5) is 4.41. The Hall–Kier alpha value is -1.45. The van der Waals surface area contributed by atoms with Gasteiger partial charge in [-0.15, -0.1) is 0 Å². The van der Waals surface area contributed by atoms with Crippen LogP contribution in [0.4, 0.5) is 0 Å². The SMILES string of the molecule is CC(O)CCNCc1cccc2cccnc12. The molecule has 0 saturated carbocycles. The molecule has 2 aromatic rings. The van der Waals surface area contributed by atoms with E-state index in [1.807, 2.05) is 12.3 Å². The van der Waals surface area contributed by atoms with Crippen molar-refractivity contribution in [2.75, 3.05) is 6.54 Å². The Morgan fingerprint density at radius 2 is 2.12 bits per heavy atom. The van der Waals surface area contributed by atoms with Gasteiger partial charge >= 0.3 is 0 Å². The third-order valence-electron chi connectivity index (χ3n) is 2.77. The van der Waals surface area contributed by atoms with Gasteiger partial charge in [-0.05, 0) is 31.5 Å². The Bertz CT molecular complexity index is 477. The topological polar surface area (TPSA) is 45.1 Å². The zero-order chi connectivity index (χ0) is 12.1. The molecule has 1 aromatic carbocycles. The lowest BCUT2D eigenvalue weighted by Crippen LogP contribution is -2.18. The van der Waals surface area contributed by atoms with Crippen molar-refractivity contribution >= 4 is 10.9 Å². The lowest BCUT2D eigenvalue weighted by atomic mass is 10.1. The quantitative estimate of drug-likeness (QED) is 0.773. The van der Waals surface area contributed by atoms with Crippen LogP contribution in [0.2, 0.25) is 0 Å². The first-order chi connectivity index (χ1) is 8.27. The highest BCUT2D eigenvalue weighted by Gasteiger charge is 2.01. The Morgan fingerprint density at radius 1 is 1.29 bits per heavy atom. The predicted octanol–water partition coefficient (Wildman–Crippen LogP) is 2.10. The van der Waals surface area contributed by atoms with E-state index in [4.69, 9.17) is 5.11 Å². The Labute approximate surface area is 102 Å². The van der Waals surface area contributed by atoms with E-state index >= 15 is 0 Å². The van der Waals surface area contributed by atoms with E-state index in [-0.39, 0.29) is 6.10 Å². The number of aliphatic hydroxyl groups is 1. The molecule has 0 aliphatic heterocycles. The summed E-state index contributed by atoms with van der Waals surface area (Å²) in [5.74, 6) is 0. The minimum absolute atomic E-state index is 0.242. The molecule has 3 heteroatoms. The smallest absolute Gasteiger partial charge is 0.0746 e. The number of hydrogen-bond acceptors (Lipinski definition) is 3. The fourth-order valence-corrected chi connectivity index (χ4v) is 1.84. The maximum Gasteiger partial charge on any atom is 0.0746 e. The monoisotopic (exact) mass is 230 g/mol. The van der Waals surface area contributed by atoms with Crippen LogP contribution in [-0.2, 0) is 6.54 Å². The van der Waals surface area contributed by atoms with Gasteiger partial charge in [0.2, 0.25) is 0 Å². The number of para-hydroxylation sites is 1. The lowest BCUT2D eigenvalue weighted by Gasteiger charge is -2.08. The zero-order valence-corrected chi connectivity index (χ0v) is 10.1. The first-order valence-corrected chi connectivity index (χ1v) is 5.99. The van der Waals surface area contributed by atoms with E-state index in [0.29, 0.717) is 0 Å². The second kappa shape index (κ2) is 5.75. The molecular weight excluding hydrogens is 212 g/mol. The highest BCUT2D eigenvalue weighted by Crippen LogP contribution is 2.15. The minimum Gasteiger partial charge on any atom is -0.393 e. The van der Waals surface area contributed by atoms with Crippen molar-refractivity contribution in [3.8, 4) is 0 Å². The van der Waals surface area contributed by atoms with Gasteiger partial charge in [0.1, 0.15) is 0 Å². The summed E-state index contributed by atoms with van der Waals surface area (Å²) in [5, 5.41) is 13.7. The van der Waals surface area contributed by atoms with Crippen molar-refractivity contribution < 1.29 is 5.11 Å². The molecule has 2 N–H and O–H groups in total. The fourth-order valence-electron chi connectivity index (χ4n) is 1.84. The number of nitrogens with one attached hydrogen (secondary N) is 1. The molecule has 0 fully saturated rings. The molecule has 1 atom stereocenters. The molecule has 1 aromatic heterocycles. The minimum atomic E-state index is -0.242. The van der Waals surface area contributed by atoms with Gasteiger partial charge in [-0.25, -0.2) is 0 Å². The number of hydrogen-bond donors (Lipinski definition) is 2. The second-order valence-corrected chi connectivity index (χ2v) is 4.31. The first-order valence-electron chi connectivity index (χ1n) is 5.99. The predicted molar refractivity (Wildman–Crippen MR) is 69.7 cm³/mol. The first kappa shape index (κ1) is 12.0. The molecule has 1 heterocycles. The lowest BCUT2D eigenvalue weighted by molar-refractivity contribution is 0.183. The number of rotatable bonds is 5. The van der Waals surface area contributed by atoms with Crippen LogP contribution in [0, 0.1) is 0 Å². The van der Waals surface area contributed by atoms with Gasteiger partial charge in [0.25, 0.3) is 0 Å². The van der Waals surface area contributed by atoms with Crippen LogP contribution in [0.5, 0.6) is 0 Å². The normalized spacial score (nSPS) is 12.8. The molecule has 2 rings (SSSR count). The van der Waals surface area contributed by atoms with Gasteiger partial charge in [-0.3, -0.25) is 4.98 Å². The van der Waals surface area contributed by atoms with Crippen LogP contribution in [0.25, 0.3) is 10.9 Å². The van der Waals surface area contributed by atoms with E-state index in [1.54, 1.807) is 6.92 Å². The number of fused-ring (bicyclic) bond motifs is 1. The van der Waals surface area contributed by atoms with Crippen molar-refractivity contribution in [1.82, 2.24) is 10.3 Å². The molecule has 0 amide bonds. The number of aromatic nitrogens is 1. The van der Waals surface area contributed by atoms with Crippen LogP contribution in [0.1, 0.15) is 18.9 Å². The van der Waals surface area contributed by atoms with Crippen LogP contribution in [-0.4, -0.2) is 22.7 Å². The van der Waals surface area contributed by atoms with Gasteiger partial charge in [0, 0.05) is 18.1 Å². The average Bonchev–Trinajstić information content (AvgIpc) is 2.34. The second-order valence-electron chi connectivity index (χ2n) is 4.31. The average molecular weight is 230 g/mol. The van der Waals surface area contributed by atoms with Crippen molar-refractivity contribution in [3.05, 3.63) is 42.1 Å². The van der Waals surface area contributed by atoms with Crippen LogP contribution in [0.15, 0.2) is 36.5 Å². The van der Waals surface area contributed by atoms with Crippen molar-refractivity contribution in [2.45, 2.75) is 26.0 Å². The maximum absolute atomic E-state index is 9.17. The Morgan fingerprint density at radius 3 is 2.94 bits per heavy atom. The summed E-state index contributed by atoms with van der Waals surface area (Å²) >= 11 is 0. The molecule has 1 unspecified atom stereocenters. The van der Waals surface area contributed by atoms with Crippen molar-refractivity contribution in [2.24, 2.45) is 0 Å². The molecule has 0 aliphatic carbocycles.